The SMILES string of the molecule is CCCCCC(=O)O[C@@H]1C[C@H](O)[C@@]2(C)C=C[C@@H](OC(C)=O)[C@@](C)(O)[C@@H]2[C@H](OC(C)=O)[C@]23O[C@@]2(C)C(=O)O[C@H]3/C=C\1C. The maximum Gasteiger partial charge on any atom is 0.342 e. The van der Waals surface area contributed by atoms with E-state index in [1.165, 1.54) is 33.8 Å². The Hall–Kier alpha value is -2.76. The van der Waals surface area contributed by atoms with E-state index in [1.807, 2.05) is 6.92 Å². The fourth-order valence-electron chi connectivity index (χ4n) is 6.94. The summed E-state index contributed by atoms with van der Waals surface area (Å²) in [4.78, 5) is 50.4. The molecule has 2 heterocycles. The van der Waals surface area contributed by atoms with Crippen molar-refractivity contribution in [1.29, 1.82) is 0 Å². The molecule has 0 bridgehead atoms. The number of epoxide rings is 1. The van der Waals surface area contributed by atoms with Gasteiger partial charge in [-0.3, -0.25) is 14.4 Å². The molecule has 2 saturated heterocycles. The lowest BCUT2D eigenvalue weighted by molar-refractivity contribution is -0.216. The summed E-state index contributed by atoms with van der Waals surface area (Å²) in [5.74, 6) is -3.63. The number of carbonyl (C=O) groups excluding carboxylic acids is 4. The number of aliphatic hydroxyl groups is 2. The molecule has 228 valence electrons. The number of unbranched alkanes of at least 4 members (excludes halogenated alkanes) is 2. The second kappa shape index (κ2) is 10.8. The van der Waals surface area contributed by atoms with E-state index in [1.54, 1.807) is 26.0 Å². The quantitative estimate of drug-likeness (QED) is 0.150. The first kappa shape index (κ1) is 31.2. The van der Waals surface area contributed by atoms with Crippen molar-refractivity contribution in [2.24, 2.45) is 11.3 Å². The Balaban J connectivity index is 1.89. The van der Waals surface area contributed by atoms with Crippen LogP contribution < -0.4 is 0 Å². The molecule has 0 saturated carbocycles. The molecule has 41 heavy (non-hydrogen) atoms. The molecule has 0 aromatic heterocycles. The fraction of sp³-hybridized carbons (Fsp3) is 0.733. The van der Waals surface area contributed by atoms with Crippen LogP contribution in [0.1, 0.15) is 80.6 Å². The molecule has 4 rings (SSSR count). The first-order valence-corrected chi connectivity index (χ1v) is 14.3. The van der Waals surface area contributed by atoms with Crippen LogP contribution in [-0.2, 0) is 42.9 Å². The number of hydrogen-bond donors (Lipinski definition) is 2. The van der Waals surface area contributed by atoms with Crippen LogP contribution >= 0.6 is 0 Å². The minimum absolute atomic E-state index is 0.0634. The van der Waals surface area contributed by atoms with Gasteiger partial charge in [0.2, 0.25) is 0 Å². The number of esters is 4. The van der Waals surface area contributed by atoms with Crippen LogP contribution in [0.2, 0.25) is 0 Å². The minimum atomic E-state index is -1.92. The topological polar surface area (TPSA) is 158 Å². The van der Waals surface area contributed by atoms with Crippen molar-refractivity contribution in [3.05, 3.63) is 23.8 Å². The number of fused-ring (bicyclic) bond motifs is 1. The zero-order valence-electron chi connectivity index (χ0n) is 24.8. The molecule has 0 aromatic carbocycles. The van der Waals surface area contributed by atoms with Crippen molar-refractivity contribution in [3.63, 3.8) is 0 Å². The molecular formula is C30H42O11. The van der Waals surface area contributed by atoms with E-state index >= 15 is 0 Å². The summed E-state index contributed by atoms with van der Waals surface area (Å²) < 4.78 is 29.1. The maximum absolute atomic E-state index is 13.1. The van der Waals surface area contributed by atoms with Crippen molar-refractivity contribution < 1.29 is 53.1 Å². The Kier molecular flexibility index (Phi) is 8.23. The van der Waals surface area contributed by atoms with Gasteiger partial charge in [-0.25, -0.2) is 4.79 Å². The number of aliphatic hydroxyl groups excluding tert-OH is 1. The van der Waals surface area contributed by atoms with Gasteiger partial charge in [0, 0.05) is 38.0 Å². The number of carbonyl (C=O) groups is 4. The van der Waals surface area contributed by atoms with Crippen molar-refractivity contribution in [1.82, 2.24) is 0 Å². The van der Waals surface area contributed by atoms with Gasteiger partial charge >= 0.3 is 23.9 Å². The van der Waals surface area contributed by atoms with Crippen LogP contribution in [0, 0.1) is 11.3 Å². The van der Waals surface area contributed by atoms with Gasteiger partial charge in [-0.15, -0.1) is 0 Å². The summed E-state index contributed by atoms with van der Waals surface area (Å²) in [5, 5.41) is 23.9. The van der Waals surface area contributed by atoms with Gasteiger partial charge < -0.3 is 33.9 Å². The standard InChI is InChI=1S/C30H42O11/c1-8-9-10-11-23(34)39-19-15-20(33)27(5)13-12-21(37-17(3)31)28(6,36)24(27)25(38-18(4)32)30-22(14-16(19)2)40-26(35)29(30,7)41-30/h12-14,19-22,24-25,33,36H,8-11,15H2,1-7H3/b16-14-/t19-,20+,21-,22+,24-,25+,27-,28-,29+,30+/m1/s1. The van der Waals surface area contributed by atoms with Crippen LogP contribution in [0.15, 0.2) is 23.8 Å². The van der Waals surface area contributed by atoms with Crippen LogP contribution in [0.25, 0.3) is 0 Å². The minimum Gasteiger partial charge on any atom is -0.459 e. The van der Waals surface area contributed by atoms with E-state index < -0.39 is 82.5 Å². The van der Waals surface area contributed by atoms with Gasteiger partial charge in [0.1, 0.15) is 23.9 Å². The van der Waals surface area contributed by atoms with Gasteiger partial charge in [0.15, 0.2) is 17.3 Å². The molecule has 0 amide bonds. The van der Waals surface area contributed by atoms with Crippen LogP contribution in [0.4, 0.5) is 0 Å². The zero-order chi connectivity index (χ0) is 30.5. The molecule has 0 aromatic rings. The van der Waals surface area contributed by atoms with E-state index in [9.17, 15) is 29.4 Å². The lowest BCUT2D eigenvalue weighted by Crippen LogP contribution is -2.67. The molecule has 10 atom stereocenters. The lowest BCUT2D eigenvalue weighted by atomic mass is 9.55. The van der Waals surface area contributed by atoms with Gasteiger partial charge in [-0.05, 0) is 44.9 Å². The molecule has 4 aliphatic rings. The predicted octanol–water partition coefficient (Wildman–Crippen LogP) is 2.45. The Morgan fingerprint density at radius 3 is 2.32 bits per heavy atom. The molecule has 0 radical (unpaired) electrons. The van der Waals surface area contributed by atoms with E-state index in [0.717, 1.165) is 12.8 Å². The first-order valence-electron chi connectivity index (χ1n) is 14.3. The molecule has 11 nitrogen and oxygen atoms in total. The average Bonchev–Trinajstić information content (AvgIpc) is 3.45. The van der Waals surface area contributed by atoms with Crippen molar-refractivity contribution in [2.45, 2.75) is 128 Å². The molecule has 1 spiro atoms. The average molecular weight is 579 g/mol. The van der Waals surface area contributed by atoms with Gasteiger partial charge in [-0.1, -0.05) is 32.8 Å². The highest BCUT2D eigenvalue weighted by atomic mass is 16.7. The highest BCUT2D eigenvalue weighted by Crippen LogP contribution is 2.65. The molecule has 0 unspecified atom stereocenters. The molecular weight excluding hydrogens is 536 g/mol. The monoisotopic (exact) mass is 578 g/mol. The Labute approximate surface area is 240 Å². The summed E-state index contributed by atoms with van der Waals surface area (Å²) >= 11 is 0. The summed E-state index contributed by atoms with van der Waals surface area (Å²) in [6.45, 7) is 10.8. The van der Waals surface area contributed by atoms with E-state index in [4.69, 9.17) is 23.7 Å². The fourth-order valence-corrected chi connectivity index (χ4v) is 6.94. The largest absolute Gasteiger partial charge is 0.459 e. The van der Waals surface area contributed by atoms with E-state index in [-0.39, 0.29) is 12.8 Å². The molecule has 2 N–H and O–H groups in total. The second-order valence-electron chi connectivity index (χ2n) is 12.3. The zero-order valence-corrected chi connectivity index (χ0v) is 24.8. The smallest absolute Gasteiger partial charge is 0.342 e. The van der Waals surface area contributed by atoms with Crippen LogP contribution in [-0.4, -0.2) is 81.4 Å². The third-order valence-corrected chi connectivity index (χ3v) is 9.28. The predicted molar refractivity (Wildman–Crippen MR) is 143 cm³/mol. The van der Waals surface area contributed by atoms with Crippen LogP contribution in [0.5, 0.6) is 0 Å². The lowest BCUT2D eigenvalue weighted by Gasteiger charge is -2.54. The third-order valence-electron chi connectivity index (χ3n) is 9.28. The summed E-state index contributed by atoms with van der Waals surface area (Å²) in [5.41, 5.74) is -5.84. The molecule has 2 fully saturated rings. The van der Waals surface area contributed by atoms with Crippen molar-refractivity contribution in [3.8, 4) is 0 Å². The highest BCUT2D eigenvalue weighted by molar-refractivity contribution is 5.89. The Morgan fingerprint density at radius 1 is 1.07 bits per heavy atom. The molecule has 2 aliphatic heterocycles. The number of ether oxygens (including phenoxy) is 5. The third kappa shape index (κ3) is 5.10. The van der Waals surface area contributed by atoms with Crippen LogP contribution in [0.3, 0.4) is 0 Å². The maximum atomic E-state index is 13.1. The van der Waals surface area contributed by atoms with Gasteiger partial charge in [-0.2, -0.15) is 0 Å². The molecule has 11 heteroatoms. The van der Waals surface area contributed by atoms with Crippen molar-refractivity contribution in [2.75, 3.05) is 0 Å². The molecule has 2 aliphatic carbocycles. The number of hydrogen-bond acceptors (Lipinski definition) is 11. The summed E-state index contributed by atoms with van der Waals surface area (Å²) in [6.07, 6.45) is 1.63. The Bertz CT molecular complexity index is 1160. The van der Waals surface area contributed by atoms with Crippen molar-refractivity contribution >= 4 is 23.9 Å². The first-order chi connectivity index (χ1) is 19.0. The van der Waals surface area contributed by atoms with E-state index in [0.29, 0.717) is 12.0 Å². The van der Waals surface area contributed by atoms with Gasteiger partial charge in [0.05, 0.1) is 6.10 Å². The second-order valence-corrected chi connectivity index (χ2v) is 12.3. The normalized spacial score (nSPS) is 44.2. The Morgan fingerprint density at radius 2 is 1.73 bits per heavy atom. The van der Waals surface area contributed by atoms with Gasteiger partial charge in [0.25, 0.3) is 0 Å². The summed E-state index contributed by atoms with van der Waals surface area (Å²) in [7, 11) is 0. The number of rotatable bonds is 7. The summed E-state index contributed by atoms with van der Waals surface area (Å²) in [6, 6.07) is 0. The van der Waals surface area contributed by atoms with E-state index in [2.05, 4.69) is 0 Å². The highest BCUT2D eigenvalue weighted by Gasteiger charge is 2.87.